The van der Waals surface area contributed by atoms with Crippen LogP contribution in [0.2, 0.25) is 0 Å². The fraction of sp³-hybridized carbons (Fsp3) is 0.643. The van der Waals surface area contributed by atoms with Gasteiger partial charge in [0.15, 0.2) is 5.69 Å². The Labute approximate surface area is 120 Å². The number of hydrogen-bond acceptors (Lipinski definition) is 5. The zero-order valence-corrected chi connectivity index (χ0v) is 13.0. The molecule has 3 N–H and O–H groups in total. The summed E-state index contributed by atoms with van der Waals surface area (Å²) in [6.07, 6.45) is 0.934. The Morgan fingerprint density at radius 2 is 2.05 bits per heavy atom. The highest BCUT2D eigenvalue weighted by Gasteiger charge is 2.24. The van der Waals surface area contributed by atoms with E-state index in [2.05, 4.69) is 36.3 Å². The average Bonchev–Trinajstić information content (AvgIpc) is 2.37. The van der Waals surface area contributed by atoms with Crippen molar-refractivity contribution in [2.45, 2.75) is 32.7 Å². The molecule has 112 valence electrons. The van der Waals surface area contributed by atoms with Gasteiger partial charge in [-0.15, -0.1) is 10.2 Å². The van der Waals surface area contributed by atoms with Gasteiger partial charge in [0.2, 0.25) is 0 Å². The van der Waals surface area contributed by atoms with E-state index in [4.69, 9.17) is 5.73 Å². The normalized spacial score (nSPS) is 13.9. The molecule has 6 heteroatoms. The van der Waals surface area contributed by atoms with Crippen molar-refractivity contribution in [2.24, 2.45) is 11.7 Å². The minimum Gasteiger partial charge on any atom is -0.362 e. The van der Waals surface area contributed by atoms with Crippen LogP contribution in [0.5, 0.6) is 0 Å². The van der Waals surface area contributed by atoms with Gasteiger partial charge in [0.1, 0.15) is 5.82 Å². The number of hydrogen-bond donors (Lipinski definition) is 2. The molecule has 0 saturated carbocycles. The van der Waals surface area contributed by atoms with Crippen LogP contribution in [0.3, 0.4) is 0 Å². The fourth-order valence-corrected chi connectivity index (χ4v) is 2.14. The molecule has 0 radical (unpaired) electrons. The Kier molecular flexibility index (Phi) is 5.44. The van der Waals surface area contributed by atoms with Crippen molar-refractivity contribution in [1.29, 1.82) is 0 Å². The molecule has 20 heavy (non-hydrogen) atoms. The maximum absolute atomic E-state index is 11.7. The number of amides is 1. The quantitative estimate of drug-likeness (QED) is 0.821. The lowest BCUT2D eigenvalue weighted by Crippen LogP contribution is -2.44. The van der Waals surface area contributed by atoms with Gasteiger partial charge >= 0.3 is 0 Å². The van der Waals surface area contributed by atoms with Crippen LogP contribution in [0.4, 0.5) is 5.82 Å². The Bertz CT molecular complexity index is 443. The van der Waals surface area contributed by atoms with Gasteiger partial charge < -0.3 is 16.0 Å². The van der Waals surface area contributed by atoms with E-state index in [9.17, 15) is 4.79 Å². The van der Waals surface area contributed by atoms with Crippen molar-refractivity contribution in [2.75, 3.05) is 26.0 Å². The van der Waals surface area contributed by atoms with Gasteiger partial charge in [-0.1, -0.05) is 13.8 Å². The summed E-state index contributed by atoms with van der Waals surface area (Å²) in [5.41, 5.74) is 5.96. The number of carbonyl (C=O) groups is 1. The average molecular weight is 279 g/mol. The smallest absolute Gasteiger partial charge is 0.273 e. The molecule has 0 saturated heterocycles. The SMILES string of the molecule is CC(C)CC(C)(CN)Nc1ccc(C(=O)N(C)C)nn1. The highest BCUT2D eigenvalue weighted by Crippen LogP contribution is 2.20. The van der Waals surface area contributed by atoms with E-state index >= 15 is 0 Å². The number of nitrogens with zero attached hydrogens (tertiary/aromatic N) is 3. The highest BCUT2D eigenvalue weighted by molar-refractivity contribution is 5.91. The van der Waals surface area contributed by atoms with Gasteiger partial charge in [0.05, 0.1) is 0 Å². The van der Waals surface area contributed by atoms with Gasteiger partial charge in [0, 0.05) is 26.2 Å². The van der Waals surface area contributed by atoms with Crippen LogP contribution in [-0.4, -0.2) is 47.2 Å². The van der Waals surface area contributed by atoms with Crippen molar-refractivity contribution in [3.63, 3.8) is 0 Å². The van der Waals surface area contributed by atoms with Crippen molar-refractivity contribution in [3.05, 3.63) is 17.8 Å². The third kappa shape index (κ3) is 4.45. The lowest BCUT2D eigenvalue weighted by atomic mass is 9.91. The fourth-order valence-electron chi connectivity index (χ4n) is 2.14. The summed E-state index contributed by atoms with van der Waals surface area (Å²) in [6, 6.07) is 3.43. The van der Waals surface area contributed by atoms with Crippen LogP contribution < -0.4 is 11.1 Å². The first kappa shape index (κ1) is 16.4. The molecule has 0 aliphatic rings. The van der Waals surface area contributed by atoms with Crippen LogP contribution in [0.1, 0.15) is 37.7 Å². The first-order valence-corrected chi connectivity index (χ1v) is 6.81. The Morgan fingerprint density at radius 1 is 1.40 bits per heavy atom. The molecule has 1 amide bonds. The van der Waals surface area contributed by atoms with Crippen LogP contribution in [0, 0.1) is 5.92 Å². The van der Waals surface area contributed by atoms with E-state index in [0.717, 1.165) is 6.42 Å². The molecule has 6 nitrogen and oxygen atoms in total. The zero-order chi connectivity index (χ0) is 15.3. The number of aromatic nitrogens is 2. The largest absolute Gasteiger partial charge is 0.362 e. The maximum Gasteiger partial charge on any atom is 0.273 e. The standard InChI is InChI=1S/C14H25N5O/c1-10(2)8-14(3,9-15)16-12-7-6-11(17-18-12)13(20)19(4)5/h6-7,10H,8-9,15H2,1-5H3,(H,16,18). The second kappa shape index (κ2) is 6.65. The number of carbonyl (C=O) groups excluding carboxylic acids is 1. The molecule has 0 fully saturated rings. The van der Waals surface area contributed by atoms with E-state index in [0.29, 0.717) is 24.0 Å². The molecule has 0 bridgehead atoms. The van der Waals surface area contributed by atoms with Gasteiger partial charge in [-0.25, -0.2) is 0 Å². The first-order chi connectivity index (χ1) is 9.27. The minimum absolute atomic E-state index is 0.159. The Balaban J connectivity index is 2.81. The Morgan fingerprint density at radius 3 is 2.45 bits per heavy atom. The van der Waals surface area contributed by atoms with Gasteiger partial charge in [0.25, 0.3) is 5.91 Å². The third-order valence-electron chi connectivity index (χ3n) is 3.03. The molecule has 1 unspecified atom stereocenters. The number of nitrogens with two attached hydrogens (primary N) is 1. The number of anilines is 1. The predicted molar refractivity (Wildman–Crippen MR) is 80.6 cm³/mol. The molecule has 0 aliphatic heterocycles. The van der Waals surface area contributed by atoms with E-state index in [1.807, 2.05) is 0 Å². The second-order valence-electron chi connectivity index (χ2n) is 5.99. The first-order valence-electron chi connectivity index (χ1n) is 6.81. The van der Waals surface area contributed by atoms with Crippen molar-refractivity contribution in [3.8, 4) is 0 Å². The maximum atomic E-state index is 11.7. The summed E-state index contributed by atoms with van der Waals surface area (Å²) < 4.78 is 0. The molecular formula is C14H25N5O. The summed E-state index contributed by atoms with van der Waals surface area (Å²) in [5.74, 6) is 1.00. The highest BCUT2D eigenvalue weighted by atomic mass is 16.2. The van der Waals surface area contributed by atoms with Crippen LogP contribution in [0.25, 0.3) is 0 Å². The molecule has 1 aromatic heterocycles. The summed E-state index contributed by atoms with van der Waals surface area (Å²) in [7, 11) is 3.37. The molecule has 1 aromatic rings. The molecule has 0 spiro atoms. The molecule has 1 heterocycles. The molecule has 0 aromatic carbocycles. The third-order valence-corrected chi connectivity index (χ3v) is 3.03. The summed E-state index contributed by atoms with van der Waals surface area (Å²) in [4.78, 5) is 13.2. The topological polar surface area (TPSA) is 84.1 Å². The number of nitrogens with one attached hydrogen (secondary N) is 1. The summed E-state index contributed by atoms with van der Waals surface area (Å²) in [5, 5.41) is 11.3. The van der Waals surface area contributed by atoms with Crippen LogP contribution in [-0.2, 0) is 0 Å². The molecular weight excluding hydrogens is 254 g/mol. The minimum atomic E-state index is -0.226. The van der Waals surface area contributed by atoms with Gasteiger partial charge in [-0.2, -0.15) is 0 Å². The van der Waals surface area contributed by atoms with Gasteiger partial charge in [-0.3, -0.25) is 4.79 Å². The molecule has 1 atom stereocenters. The zero-order valence-electron chi connectivity index (χ0n) is 13.0. The van der Waals surface area contributed by atoms with E-state index in [1.54, 1.807) is 26.2 Å². The number of rotatable bonds is 6. The molecule has 0 aliphatic carbocycles. The van der Waals surface area contributed by atoms with Crippen molar-refractivity contribution < 1.29 is 4.79 Å². The molecule has 1 rings (SSSR count). The summed E-state index contributed by atoms with van der Waals surface area (Å²) >= 11 is 0. The summed E-state index contributed by atoms with van der Waals surface area (Å²) in [6.45, 7) is 6.87. The van der Waals surface area contributed by atoms with Crippen molar-refractivity contribution in [1.82, 2.24) is 15.1 Å². The van der Waals surface area contributed by atoms with E-state index in [-0.39, 0.29) is 11.4 Å². The van der Waals surface area contributed by atoms with E-state index in [1.165, 1.54) is 4.90 Å². The monoisotopic (exact) mass is 279 g/mol. The van der Waals surface area contributed by atoms with E-state index < -0.39 is 0 Å². The van der Waals surface area contributed by atoms with Crippen molar-refractivity contribution >= 4 is 11.7 Å². The second-order valence-corrected chi connectivity index (χ2v) is 5.99. The van der Waals surface area contributed by atoms with Crippen LogP contribution >= 0.6 is 0 Å². The Hall–Kier alpha value is -1.69. The van der Waals surface area contributed by atoms with Gasteiger partial charge in [-0.05, 0) is 31.4 Å². The lowest BCUT2D eigenvalue weighted by Gasteiger charge is -2.31. The lowest BCUT2D eigenvalue weighted by molar-refractivity contribution is 0.0821. The van der Waals surface area contributed by atoms with Crippen LogP contribution in [0.15, 0.2) is 12.1 Å². The predicted octanol–water partition coefficient (Wildman–Crippen LogP) is 1.35.